The molecule has 0 aliphatic heterocycles. The van der Waals surface area contributed by atoms with Crippen molar-refractivity contribution < 1.29 is 0 Å². The molecule has 30 heavy (non-hydrogen) atoms. The van der Waals surface area contributed by atoms with Crippen LogP contribution in [0.3, 0.4) is 0 Å². The number of fused-ring (bicyclic) bond motifs is 1. The minimum absolute atomic E-state index is 0.156. The highest BCUT2D eigenvalue weighted by atomic mass is 35.5. The molecule has 0 radical (unpaired) electrons. The smallest absolute Gasteiger partial charge is 0.226 e. The SMILES string of the molecule is CC(C)n1cnc2c(NCc3cccnc3-c3ccnn3C(C)(C)C)nc(Cl)nc21. The number of rotatable bonds is 5. The van der Waals surface area contributed by atoms with Gasteiger partial charge in [-0.2, -0.15) is 15.1 Å². The standard InChI is InChI=1S/C21H25ClN8/c1-13(2)29-12-25-17-18(27-20(22)28-19(17)29)24-11-14-7-6-9-23-16(14)15-8-10-26-30(15)21(3,4)5/h6-10,12-13H,11H2,1-5H3,(H,24,27,28). The molecule has 4 heterocycles. The summed E-state index contributed by atoms with van der Waals surface area (Å²) >= 11 is 6.20. The molecule has 4 aromatic rings. The van der Waals surface area contributed by atoms with Crippen molar-refractivity contribution in [2.75, 3.05) is 5.32 Å². The van der Waals surface area contributed by atoms with E-state index in [0.29, 0.717) is 23.5 Å². The summed E-state index contributed by atoms with van der Waals surface area (Å²) in [7, 11) is 0. The summed E-state index contributed by atoms with van der Waals surface area (Å²) in [5, 5.41) is 8.06. The van der Waals surface area contributed by atoms with Crippen LogP contribution in [-0.2, 0) is 12.1 Å². The first-order valence-electron chi connectivity index (χ1n) is 9.88. The van der Waals surface area contributed by atoms with Crippen molar-refractivity contribution in [2.24, 2.45) is 0 Å². The first-order chi connectivity index (χ1) is 14.3. The van der Waals surface area contributed by atoms with Gasteiger partial charge in [-0.3, -0.25) is 9.67 Å². The van der Waals surface area contributed by atoms with Crippen molar-refractivity contribution in [3.8, 4) is 11.4 Å². The van der Waals surface area contributed by atoms with Crippen molar-refractivity contribution in [3.05, 3.63) is 47.8 Å². The van der Waals surface area contributed by atoms with E-state index >= 15 is 0 Å². The van der Waals surface area contributed by atoms with Gasteiger partial charge >= 0.3 is 0 Å². The second-order valence-electron chi connectivity index (χ2n) is 8.42. The highest BCUT2D eigenvalue weighted by Gasteiger charge is 2.21. The molecule has 0 aliphatic rings. The number of aromatic nitrogens is 7. The van der Waals surface area contributed by atoms with Crippen molar-refractivity contribution in [2.45, 2.75) is 52.7 Å². The van der Waals surface area contributed by atoms with Crippen LogP contribution < -0.4 is 5.32 Å². The second-order valence-corrected chi connectivity index (χ2v) is 8.76. The maximum absolute atomic E-state index is 6.20. The van der Waals surface area contributed by atoms with Crippen molar-refractivity contribution >= 4 is 28.6 Å². The zero-order valence-corrected chi connectivity index (χ0v) is 18.5. The lowest BCUT2D eigenvalue weighted by molar-refractivity contribution is 0.359. The van der Waals surface area contributed by atoms with Gasteiger partial charge in [0, 0.05) is 25.0 Å². The van der Waals surface area contributed by atoms with E-state index in [0.717, 1.165) is 17.0 Å². The van der Waals surface area contributed by atoms with Gasteiger partial charge in [0.1, 0.15) is 0 Å². The van der Waals surface area contributed by atoms with E-state index in [9.17, 15) is 0 Å². The Morgan fingerprint density at radius 2 is 1.90 bits per heavy atom. The Labute approximate surface area is 180 Å². The van der Waals surface area contributed by atoms with E-state index in [2.05, 4.69) is 65.0 Å². The Balaban J connectivity index is 1.69. The van der Waals surface area contributed by atoms with E-state index in [1.54, 1.807) is 18.7 Å². The fourth-order valence-electron chi connectivity index (χ4n) is 3.40. The maximum atomic E-state index is 6.20. The number of nitrogens with one attached hydrogen (secondary N) is 1. The monoisotopic (exact) mass is 424 g/mol. The number of hydrogen-bond donors (Lipinski definition) is 1. The van der Waals surface area contributed by atoms with Gasteiger partial charge in [-0.25, -0.2) is 4.98 Å². The van der Waals surface area contributed by atoms with Crippen LogP contribution in [0.15, 0.2) is 36.9 Å². The minimum atomic E-state index is -0.156. The third-order valence-electron chi connectivity index (χ3n) is 4.81. The summed E-state index contributed by atoms with van der Waals surface area (Å²) in [6, 6.07) is 6.17. The zero-order chi connectivity index (χ0) is 21.5. The van der Waals surface area contributed by atoms with E-state index in [4.69, 9.17) is 11.6 Å². The molecule has 0 saturated carbocycles. The Morgan fingerprint density at radius 1 is 1.10 bits per heavy atom. The fraction of sp³-hybridized carbons (Fsp3) is 0.381. The Hall–Kier alpha value is -3.00. The van der Waals surface area contributed by atoms with Gasteiger partial charge in [0.25, 0.3) is 0 Å². The number of halogens is 1. The molecule has 8 nitrogen and oxygen atoms in total. The first kappa shape index (κ1) is 20.3. The Kier molecular flexibility index (Phi) is 5.19. The molecule has 0 atom stereocenters. The molecule has 0 saturated heterocycles. The van der Waals surface area contributed by atoms with Gasteiger partial charge in [-0.05, 0) is 63.9 Å². The van der Waals surface area contributed by atoms with Gasteiger partial charge in [0.2, 0.25) is 5.28 Å². The topological polar surface area (TPSA) is 86.3 Å². The predicted molar refractivity (Wildman–Crippen MR) is 118 cm³/mol. The van der Waals surface area contributed by atoms with Crippen LogP contribution in [0.4, 0.5) is 5.82 Å². The minimum Gasteiger partial charge on any atom is -0.364 e. The summed E-state index contributed by atoms with van der Waals surface area (Å²) in [6.45, 7) is 11.0. The molecule has 4 aromatic heterocycles. The van der Waals surface area contributed by atoms with Gasteiger partial charge in [-0.15, -0.1) is 0 Å². The van der Waals surface area contributed by atoms with Crippen LogP contribution in [0.5, 0.6) is 0 Å². The lowest BCUT2D eigenvalue weighted by Gasteiger charge is -2.23. The summed E-state index contributed by atoms with van der Waals surface area (Å²) in [5.74, 6) is 0.600. The third kappa shape index (κ3) is 3.75. The van der Waals surface area contributed by atoms with Crippen LogP contribution in [0.25, 0.3) is 22.6 Å². The number of hydrogen-bond acceptors (Lipinski definition) is 6. The first-order valence-corrected chi connectivity index (χ1v) is 10.3. The number of pyridine rings is 1. The molecule has 1 N–H and O–H groups in total. The number of nitrogens with zero attached hydrogens (tertiary/aromatic N) is 7. The normalized spacial score (nSPS) is 12.1. The van der Waals surface area contributed by atoms with Crippen LogP contribution in [-0.4, -0.2) is 34.3 Å². The molecule has 9 heteroatoms. The average molecular weight is 425 g/mol. The van der Waals surface area contributed by atoms with E-state index in [-0.39, 0.29) is 16.9 Å². The molecule has 0 fully saturated rings. The lowest BCUT2D eigenvalue weighted by Crippen LogP contribution is -2.24. The molecule has 0 aliphatic carbocycles. The molecular weight excluding hydrogens is 400 g/mol. The highest BCUT2D eigenvalue weighted by Crippen LogP contribution is 2.28. The second kappa shape index (κ2) is 7.68. The molecule has 0 spiro atoms. The average Bonchev–Trinajstić information content (AvgIpc) is 3.33. The van der Waals surface area contributed by atoms with Crippen LogP contribution in [0.2, 0.25) is 5.28 Å². The van der Waals surface area contributed by atoms with Crippen molar-refractivity contribution in [3.63, 3.8) is 0 Å². The molecule has 0 unspecified atom stereocenters. The Morgan fingerprint density at radius 3 is 2.63 bits per heavy atom. The maximum Gasteiger partial charge on any atom is 0.226 e. The number of imidazole rings is 1. The molecule has 0 aromatic carbocycles. The lowest BCUT2D eigenvalue weighted by atomic mass is 10.1. The quantitative estimate of drug-likeness (QED) is 0.468. The van der Waals surface area contributed by atoms with E-state index in [1.807, 2.05) is 27.4 Å². The Bertz CT molecular complexity index is 1190. The van der Waals surface area contributed by atoms with Crippen LogP contribution in [0, 0.1) is 0 Å². The van der Waals surface area contributed by atoms with Crippen LogP contribution in [0.1, 0.15) is 46.2 Å². The van der Waals surface area contributed by atoms with Crippen molar-refractivity contribution in [1.29, 1.82) is 0 Å². The van der Waals surface area contributed by atoms with E-state index < -0.39 is 0 Å². The molecule has 0 amide bonds. The molecule has 156 valence electrons. The van der Waals surface area contributed by atoms with Gasteiger partial charge in [-0.1, -0.05) is 6.07 Å². The van der Waals surface area contributed by atoms with Gasteiger partial charge in [0.05, 0.1) is 23.3 Å². The summed E-state index contributed by atoms with van der Waals surface area (Å²) in [6.07, 6.45) is 5.37. The summed E-state index contributed by atoms with van der Waals surface area (Å²) in [5.41, 5.74) is 4.12. The molecule has 0 bridgehead atoms. The van der Waals surface area contributed by atoms with Crippen molar-refractivity contribution in [1.82, 2.24) is 34.3 Å². The van der Waals surface area contributed by atoms with Gasteiger partial charge in [0.15, 0.2) is 17.0 Å². The summed E-state index contributed by atoms with van der Waals surface area (Å²) < 4.78 is 3.97. The third-order valence-corrected chi connectivity index (χ3v) is 4.98. The molecule has 4 rings (SSSR count). The highest BCUT2D eigenvalue weighted by molar-refractivity contribution is 6.28. The molecular formula is C21H25ClN8. The number of anilines is 1. The fourth-order valence-corrected chi connectivity index (χ4v) is 3.56. The largest absolute Gasteiger partial charge is 0.364 e. The van der Waals surface area contributed by atoms with Gasteiger partial charge < -0.3 is 9.88 Å². The zero-order valence-electron chi connectivity index (χ0n) is 17.8. The summed E-state index contributed by atoms with van der Waals surface area (Å²) in [4.78, 5) is 17.9. The van der Waals surface area contributed by atoms with Crippen LogP contribution >= 0.6 is 11.6 Å². The van der Waals surface area contributed by atoms with E-state index in [1.165, 1.54) is 0 Å². The predicted octanol–water partition coefficient (Wildman–Crippen LogP) is 4.69.